The summed E-state index contributed by atoms with van der Waals surface area (Å²) in [6, 6.07) is 5.52. The maximum Gasteiger partial charge on any atom is 0.263 e. The highest BCUT2D eigenvalue weighted by atomic mass is 32.2. The molecule has 30 heavy (non-hydrogen) atoms. The number of aromatic nitrogens is 3. The number of carbonyl (C=O) groups excluding carboxylic acids is 1. The lowest BCUT2D eigenvalue weighted by molar-refractivity contribution is 0.102. The van der Waals surface area contributed by atoms with E-state index in [0.29, 0.717) is 33.2 Å². The molecule has 0 saturated heterocycles. The number of thioether (sulfide) groups is 1. The molecule has 4 rings (SSSR count). The van der Waals surface area contributed by atoms with Crippen LogP contribution in [-0.2, 0) is 13.6 Å². The number of carbonyl (C=O) groups is 1. The van der Waals surface area contributed by atoms with Crippen molar-refractivity contribution in [3.63, 3.8) is 0 Å². The van der Waals surface area contributed by atoms with Gasteiger partial charge in [-0.3, -0.25) is 14.2 Å². The molecule has 0 atom stereocenters. The van der Waals surface area contributed by atoms with Gasteiger partial charge in [0.05, 0.1) is 17.4 Å². The van der Waals surface area contributed by atoms with E-state index in [1.807, 2.05) is 43.0 Å². The molecule has 0 aromatic carbocycles. The van der Waals surface area contributed by atoms with E-state index in [4.69, 9.17) is 9.40 Å². The fraction of sp³-hybridized carbons (Fsp3) is 0.227. The molecule has 4 aromatic heterocycles. The minimum atomic E-state index is -0.158. The highest BCUT2D eigenvalue weighted by Crippen LogP contribution is 2.32. The van der Waals surface area contributed by atoms with Crippen molar-refractivity contribution in [2.45, 2.75) is 25.5 Å². The summed E-state index contributed by atoms with van der Waals surface area (Å²) in [5.41, 5.74) is 3.25. The largest absolute Gasteiger partial charge is 0.464 e. The van der Waals surface area contributed by atoms with E-state index < -0.39 is 0 Å². The average Bonchev–Trinajstić information content (AvgIpc) is 3.45. The van der Waals surface area contributed by atoms with Gasteiger partial charge in [-0.05, 0) is 32.0 Å². The summed E-state index contributed by atoms with van der Waals surface area (Å²) in [4.78, 5) is 31.4. The number of furan rings is 1. The third-order valence-corrected chi connectivity index (χ3v) is 7.01. The molecule has 6 nitrogen and oxygen atoms in total. The Morgan fingerprint density at radius 2 is 2.20 bits per heavy atom. The number of hydrogen-bond acceptors (Lipinski definition) is 6. The van der Waals surface area contributed by atoms with Gasteiger partial charge < -0.3 is 8.98 Å². The second kappa shape index (κ2) is 8.12. The van der Waals surface area contributed by atoms with Gasteiger partial charge in [-0.1, -0.05) is 17.8 Å². The van der Waals surface area contributed by atoms with Crippen molar-refractivity contribution in [3.05, 3.63) is 69.8 Å². The van der Waals surface area contributed by atoms with Gasteiger partial charge in [0.25, 0.3) is 5.56 Å². The number of nitrogens with zero attached hydrogens (tertiary/aromatic N) is 3. The quantitative estimate of drug-likeness (QED) is 0.178. The molecule has 0 N–H and O–H groups in total. The summed E-state index contributed by atoms with van der Waals surface area (Å²) in [7, 11) is 1.94. The first-order valence-electron chi connectivity index (χ1n) is 9.38. The van der Waals surface area contributed by atoms with Crippen LogP contribution in [0.3, 0.4) is 0 Å². The lowest BCUT2D eigenvalue weighted by Gasteiger charge is -2.10. The van der Waals surface area contributed by atoms with Gasteiger partial charge in [0.2, 0.25) is 0 Å². The number of fused-ring (bicyclic) bond motifs is 1. The molecule has 0 spiro atoms. The molecular weight excluding hydrogens is 418 g/mol. The Morgan fingerprint density at radius 1 is 1.40 bits per heavy atom. The van der Waals surface area contributed by atoms with Crippen LogP contribution in [0, 0.1) is 13.8 Å². The van der Waals surface area contributed by atoms with Crippen LogP contribution in [0.15, 0.2) is 56.9 Å². The number of ketones is 1. The third-order valence-electron chi connectivity index (χ3n) is 5.16. The molecule has 0 aliphatic rings. The number of hydrogen-bond donors (Lipinski definition) is 0. The van der Waals surface area contributed by atoms with Crippen LogP contribution in [0.2, 0.25) is 0 Å². The molecule has 4 aromatic rings. The second-order valence-corrected chi connectivity index (χ2v) is 8.76. The molecule has 0 radical (unpaired) electrons. The maximum atomic E-state index is 13.3. The number of aryl methyl sites for hydroxylation is 1. The number of allylic oxidation sites excluding steroid dienone is 1. The predicted octanol–water partition coefficient (Wildman–Crippen LogP) is 4.83. The van der Waals surface area contributed by atoms with Gasteiger partial charge in [0.1, 0.15) is 10.6 Å². The molecule has 0 bridgehead atoms. The fourth-order valence-electron chi connectivity index (χ4n) is 3.36. The maximum absolute atomic E-state index is 13.3. The van der Waals surface area contributed by atoms with E-state index in [1.54, 1.807) is 23.0 Å². The standard InChI is InChI=1S/C22H21N3O3S2/c1-5-8-25-21(27)19-16(18-7-6-9-28-18)11-29-20(19)23-22(25)30-12-17(26)15-10-13(2)24(4)14(15)3/h5-7,9-11H,1,8,12H2,2-4H3. The van der Waals surface area contributed by atoms with Gasteiger partial charge in [-0.15, -0.1) is 17.9 Å². The number of thiophene rings is 1. The first-order valence-corrected chi connectivity index (χ1v) is 11.2. The predicted molar refractivity (Wildman–Crippen MR) is 122 cm³/mol. The van der Waals surface area contributed by atoms with Crippen LogP contribution in [0.25, 0.3) is 21.5 Å². The number of rotatable bonds is 7. The molecule has 154 valence electrons. The zero-order valence-corrected chi connectivity index (χ0v) is 18.6. The van der Waals surface area contributed by atoms with Crippen LogP contribution >= 0.6 is 23.1 Å². The summed E-state index contributed by atoms with van der Waals surface area (Å²) >= 11 is 2.67. The molecule has 0 aliphatic heterocycles. The van der Waals surface area contributed by atoms with E-state index in [-0.39, 0.29) is 17.1 Å². The monoisotopic (exact) mass is 439 g/mol. The van der Waals surface area contributed by atoms with E-state index in [0.717, 1.165) is 17.0 Å². The molecule has 0 amide bonds. The normalized spacial score (nSPS) is 11.3. The summed E-state index contributed by atoms with van der Waals surface area (Å²) in [5, 5.41) is 2.92. The Morgan fingerprint density at radius 3 is 2.83 bits per heavy atom. The Labute approximate surface area is 181 Å². The first kappa shape index (κ1) is 20.4. The molecule has 4 heterocycles. The van der Waals surface area contributed by atoms with Crippen molar-refractivity contribution < 1.29 is 9.21 Å². The van der Waals surface area contributed by atoms with Crippen molar-refractivity contribution >= 4 is 39.1 Å². The lowest BCUT2D eigenvalue weighted by Crippen LogP contribution is -2.23. The van der Waals surface area contributed by atoms with Gasteiger partial charge in [0, 0.05) is 41.5 Å². The van der Waals surface area contributed by atoms with Gasteiger partial charge in [-0.25, -0.2) is 4.98 Å². The van der Waals surface area contributed by atoms with Crippen LogP contribution in [0.5, 0.6) is 0 Å². The van der Waals surface area contributed by atoms with Crippen LogP contribution < -0.4 is 5.56 Å². The Hall–Kier alpha value is -2.84. The number of Topliss-reactive ketones (excluding diaryl/α,β-unsaturated/α-hetero) is 1. The smallest absolute Gasteiger partial charge is 0.263 e. The average molecular weight is 440 g/mol. The zero-order valence-electron chi connectivity index (χ0n) is 17.0. The summed E-state index contributed by atoms with van der Waals surface area (Å²) in [5.74, 6) is 0.856. The van der Waals surface area contributed by atoms with Gasteiger partial charge in [-0.2, -0.15) is 0 Å². The Balaban J connectivity index is 1.71. The van der Waals surface area contributed by atoms with Gasteiger partial charge in [0.15, 0.2) is 10.9 Å². The van der Waals surface area contributed by atoms with Crippen molar-refractivity contribution in [2.24, 2.45) is 7.05 Å². The molecular formula is C22H21N3O3S2. The van der Waals surface area contributed by atoms with E-state index in [9.17, 15) is 9.59 Å². The van der Waals surface area contributed by atoms with Crippen molar-refractivity contribution in [1.29, 1.82) is 0 Å². The second-order valence-electron chi connectivity index (χ2n) is 6.96. The van der Waals surface area contributed by atoms with Crippen LogP contribution in [-0.4, -0.2) is 25.7 Å². The lowest BCUT2D eigenvalue weighted by atomic mass is 10.2. The summed E-state index contributed by atoms with van der Waals surface area (Å²) in [6.07, 6.45) is 3.24. The molecule has 0 saturated carbocycles. The fourth-order valence-corrected chi connectivity index (χ4v) is 5.23. The minimum Gasteiger partial charge on any atom is -0.464 e. The molecule has 8 heteroatoms. The van der Waals surface area contributed by atoms with Crippen molar-refractivity contribution in [2.75, 3.05) is 5.75 Å². The van der Waals surface area contributed by atoms with Crippen molar-refractivity contribution in [3.8, 4) is 11.3 Å². The van der Waals surface area contributed by atoms with Gasteiger partial charge >= 0.3 is 0 Å². The first-order chi connectivity index (χ1) is 14.4. The topological polar surface area (TPSA) is 70.0 Å². The van der Waals surface area contributed by atoms with Crippen molar-refractivity contribution in [1.82, 2.24) is 14.1 Å². The Bertz CT molecular complexity index is 1310. The van der Waals surface area contributed by atoms with E-state index in [2.05, 4.69) is 6.58 Å². The highest BCUT2D eigenvalue weighted by Gasteiger charge is 2.20. The zero-order chi connectivity index (χ0) is 21.4. The Kier molecular flexibility index (Phi) is 5.53. The molecule has 0 unspecified atom stereocenters. The highest BCUT2D eigenvalue weighted by molar-refractivity contribution is 7.99. The third kappa shape index (κ3) is 3.46. The van der Waals surface area contributed by atoms with Crippen LogP contribution in [0.1, 0.15) is 21.7 Å². The molecule has 0 aliphatic carbocycles. The van der Waals surface area contributed by atoms with E-state index in [1.165, 1.54) is 23.1 Å². The van der Waals surface area contributed by atoms with E-state index >= 15 is 0 Å². The molecule has 0 fully saturated rings. The summed E-state index contributed by atoms with van der Waals surface area (Å²) < 4.78 is 9.04. The van der Waals surface area contributed by atoms with Crippen LogP contribution in [0.4, 0.5) is 0 Å². The summed E-state index contributed by atoms with van der Waals surface area (Å²) in [6.45, 7) is 7.99. The minimum absolute atomic E-state index is 0.0168. The SMILES string of the molecule is C=CCn1c(SCC(=O)c2cc(C)n(C)c2C)nc2scc(-c3ccco3)c2c1=O.